The minimum absolute atomic E-state index is 0.163. The van der Waals surface area contributed by atoms with Crippen LogP contribution in [-0.4, -0.2) is 0 Å². The van der Waals surface area contributed by atoms with Gasteiger partial charge in [-0.05, 0) is 12.1 Å². The summed E-state index contributed by atoms with van der Waals surface area (Å²) in [7, 11) is 0. The molecule has 12 heteroatoms. The van der Waals surface area contributed by atoms with E-state index in [0.717, 1.165) is 28.6 Å². The molecule has 0 spiro atoms. The molecular formula is C24H2N4S8. The van der Waals surface area contributed by atoms with E-state index in [1.54, 1.807) is 22.7 Å². The van der Waals surface area contributed by atoms with Gasteiger partial charge in [0.1, 0.15) is 0 Å². The van der Waals surface area contributed by atoms with E-state index in [1.165, 1.54) is 69.7 Å². The first-order valence-corrected chi connectivity index (χ1v) is 16.6. The molecule has 2 radical (unpaired) electrons. The number of hydrogen-bond acceptors (Lipinski definition) is 12. The van der Waals surface area contributed by atoms with Crippen molar-refractivity contribution in [3.05, 3.63) is 33.7 Å². The van der Waals surface area contributed by atoms with Crippen LogP contribution < -0.4 is 0 Å². The van der Waals surface area contributed by atoms with E-state index in [-0.39, 0.29) is 11.8 Å². The maximum atomic E-state index is 9.37. The second-order valence-corrected chi connectivity index (χ2v) is 17.8. The number of thiophene rings is 8. The van der Waals surface area contributed by atoms with Gasteiger partial charge in [-0.1, -0.05) is 0 Å². The molecule has 0 bridgehead atoms. The van der Waals surface area contributed by atoms with Crippen LogP contribution in [-0.2, 0) is 0 Å². The van der Waals surface area contributed by atoms with Crippen molar-refractivity contribution >= 4 is 156 Å². The summed E-state index contributed by atoms with van der Waals surface area (Å²) in [5.74, 6) is 0.326. The maximum absolute atomic E-state index is 9.37. The van der Waals surface area contributed by atoms with Crippen LogP contribution in [0.1, 0.15) is 9.75 Å². The minimum Gasteiger partial charge on any atom is -0.196 e. The summed E-state index contributed by atoms with van der Waals surface area (Å²) in [6.07, 6.45) is 0. The quantitative estimate of drug-likeness (QED) is 0.197. The maximum Gasteiger partial charge on any atom is 0.214 e. The summed E-state index contributed by atoms with van der Waals surface area (Å²) in [4.78, 5) is 1.46. The Morgan fingerprint density at radius 3 is 1.08 bits per heavy atom. The SMILES string of the molecule is N#C[C](C#N)c1cc2c(s1)sc1sc3sc4sc5sc6sc7sc([C](C#N)C#N)cc7c6c5c4c3c12. The molecule has 0 aliphatic rings. The number of rotatable bonds is 2. The van der Waals surface area contributed by atoms with E-state index in [4.69, 9.17) is 0 Å². The van der Waals surface area contributed by atoms with Crippen LogP contribution in [0.25, 0.3) is 65.8 Å². The van der Waals surface area contributed by atoms with E-state index in [9.17, 15) is 21.0 Å². The van der Waals surface area contributed by atoms with E-state index in [2.05, 4.69) is 0 Å². The highest BCUT2D eigenvalue weighted by Gasteiger charge is 2.27. The first-order chi connectivity index (χ1) is 17.6. The van der Waals surface area contributed by atoms with Crippen LogP contribution in [0.4, 0.5) is 0 Å². The summed E-state index contributed by atoms with van der Waals surface area (Å²) < 4.78 is 8.78. The predicted octanol–water partition coefficient (Wildman–Crippen LogP) is 10.2. The van der Waals surface area contributed by atoms with E-state index in [0.29, 0.717) is 0 Å². The molecule has 0 saturated heterocycles. The number of nitriles is 4. The third kappa shape index (κ3) is 2.61. The summed E-state index contributed by atoms with van der Waals surface area (Å²) in [5.41, 5.74) is 0. The van der Waals surface area contributed by atoms with Gasteiger partial charge in [0.25, 0.3) is 0 Å². The molecule has 0 N–H and O–H groups in total. The molecule has 0 atom stereocenters. The number of hydrogen-bond donors (Lipinski definition) is 0. The molecule has 0 aromatic carbocycles. The molecule has 8 heterocycles. The largest absolute Gasteiger partial charge is 0.214 e. The Hall–Kier alpha value is -2.62. The van der Waals surface area contributed by atoms with Gasteiger partial charge < -0.3 is 0 Å². The lowest BCUT2D eigenvalue weighted by atomic mass is 10.1. The van der Waals surface area contributed by atoms with Gasteiger partial charge in [0, 0.05) is 47.5 Å². The van der Waals surface area contributed by atoms with Gasteiger partial charge in [-0.25, -0.2) is 0 Å². The molecule has 0 aliphatic carbocycles. The van der Waals surface area contributed by atoms with E-state index < -0.39 is 0 Å². The molecule has 4 nitrogen and oxygen atoms in total. The summed E-state index contributed by atoms with van der Waals surface area (Å²) in [5, 5.41) is 46.1. The Morgan fingerprint density at radius 2 is 0.722 bits per heavy atom. The van der Waals surface area contributed by atoms with Crippen molar-refractivity contribution < 1.29 is 0 Å². The van der Waals surface area contributed by atoms with Crippen LogP contribution >= 0.6 is 90.7 Å². The molecule has 0 fully saturated rings. The Bertz CT molecular complexity index is 2200. The first-order valence-electron chi connectivity index (χ1n) is 10.1. The van der Waals surface area contributed by atoms with Gasteiger partial charge in [-0.2, -0.15) is 21.0 Å². The summed E-state index contributed by atoms with van der Waals surface area (Å²) >= 11 is 13.9. The highest BCUT2D eigenvalue weighted by Crippen LogP contribution is 2.59. The van der Waals surface area contributed by atoms with Crippen molar-refractivity contribution in [1.82, 2.24) is 0 Å². The lowest BCUT2D eigenvalue weighted by Gasteiger charge is -1.91. The molecule has 8 aromatic heterocycles. The topological polar surface area (TPSA) is 95.2 Å². The fourth-order valence-corrected chi connectivity index (χ4v) is 16.5. The van der Waals surface area contributed by atoms with Gasteiger partial charge in [-0.3, -0.25) is 0 Å². The van der Waals surface area contributed by atoms with Crippen molar-refractivity contribution in [1.29, 1.82) is 21.0 Å². The van der Waals surface area contributed by atoms with Gasteiger partial charge in [-0.15, -0.1) is 90.7 Å². The van der Waals surface area contributed by atoms with Crippen LogP contribution in [0.3, 0.4) is 0 Å². The molecule has 166 valence electrons. The molecule has 0 amide bonds. The van der Waals surface area contributed by atoms with Crippen molar-refractivity contribution in [2.75, 3.05) is 0 Å². The minimum atomic E-state index is 0.163. The zero-order chi connectivity index (χ0) is 24.3. The Kier molecular flexibility index (Phi) is 4.45. The lowest BCUT2D eigenvalue weighted by Crippen LogP contribution is -1.86. The van der Waals surface area contributed by atoms with Crippen molar-refractivity contribution in [3.63, 3.8) is 0 Å². The molecule has 0 saturated carbocycles. The van der Waals surface area contributed by atoms with Crippen LogP contribution in [0, 0.1) is 57.2 Å². The number of nitrogens with zero attached hydrogens (tertiary/aromatic N) is 4. The predicted molar refractivity (Wildman–Crippen MR) is 159 cm³/mol. The van der Waals surface area contributed by atoms with E-state index in [1.807, 2.05) is 81.8 Å². The molecule has 8 rings (SSSR count). The lowest BCUT2D eigenvalue weighted by molar-refractivity contribution is 1.37. The Morgan fingerprint density at radius 1 is 0.417 bits per heavy atom. The monoisotopic (exact) mass is 602 g/mol. The van der Waals surface area contributed by atoms with Crippen molar-refractivity contribution in [2.24, 2.45) is 0 Å². The zero-order valence-corrected chi connectivity index (χ0v) is 23.7. The molecule has 0 aliphatic heterocycles. The van der Waals surface area contributed by atoms with E-state index >= 15 is 0 Å². The molecule has 8 aromatic rings. The van der Waals surface area contributed by atoms with Crippen molar-refractivity contribution in [3.8, 4) is 24.3 Å². The smallest absolute Gasteiger partial charge is 0.196 e. The summed E-state index contributed by atoms with van der Waals surface area (Å²) in [6.45, 7) is 0. The highest BCUT2D eigenvalue weighted by atomic mass is 32.2. The van der Waals surface area contributed by atoms with Crippen LogP contribution in [0.5, 0.6) is 0 Å². The van der Waals surface area contributed by atoms with Crippen LogP contribution in [0.15, 0.2) is 12.1 Å². The average Bonchev–Trinajstić information content (AvgIpc) is 3.67. The Labute approximate surface area is 233 Å². The fraction of sp³-hybridized carbons (Fsp3) is 0. The standard InChI is InChI=1S/C24H2N4S8/c25-3-7(4-26)11-1-9-13-15-17-16-14-10-2-12(8(5-27)6-28)30-19(10)32-21(14)34-23(16)36-24(17)35-22(15)33-20(13)31-18(9)29-11/h1-2H. The van der Waals surface area contributed by atoms with Crippen molar-refractivity contribution in [2.45, 2.75) is 0 Å². The Balaban J connectivity index is 1.50. The van der Waals surface area contributed by atoms with Gasteiger partial charge in [0.2, 0.25) is 11.8 Å². The highest BCUT2D eigenvalue weighted by molar-refractivity contribution is 7.61. The van der Waals surface area contributed by atoms with Gasteiger partial charge in [0.05, 0.1) is 52.4 Å². The normalized spacial score (nSPS) is 12.3. The molecule has 36 heavy (non-hydrogen) atoms. The number of fused-ring (bicyclic) bond motifs is 13. The fourth-order valence-electron chi connectivity index (χ4n) is 4.57. The second kappa shape index (κ2) is 7.46. The van der Waals surface area contributed by atoms with Gasteiger partial charge in [0.15, 0.2) is 0 Å². The third-order valence-electron chi connectivity index (χ3n) is 6.01. The average molecular weight is 603 g/mol. The third-order valence-corrected chi connectivity index (χ3v) is 16.1. The van der Waals surface area contributed by atoms with Gasteiger partial charge >= 0.3 is 0 Å². The molecular weight excluding hydrogens is 601 g/mol. The first kappa shape index (κ1) is 21.5. The van der Waals surface area contributed by atoms with Crippen LogP contribution in [0.2, 0.25) is 0 Å². The molecule has 0 unspecified atom stereocenters. The zero-order valence-electron chi connectivity index (χ0n) is 17.2. The second-order valence-electron chi connectivity index (χ2n) is 7.75. The summed E-state index contributed by atoms with van der Waals surface area (Å²) in [6, 6.07) is 12.1.